The third-order valence-corrected chi connectivity index (χ3v) is 1.57. The number of aromatic nitrogens is 2. The van der Waals surface area contributed by atoms with Crippen LogP contribution in [0.3, 0.4) is 0 Å². The Hall–Kier alpha value is 0.270. The van der Waals surface area contributed by atoms with Crippen LogP contribution in [-0.2, 0) is 10.3 Å². The van der Waals surface area contributed by atoms with Crippen molar-refractivity contribution in [3.8, 4) is 5.19 Å². The molecule has 0 aromatic carbocycles. The summed E-state index contributed by atoms with van der Waals surface area (Å²) in [6.07, 6.45) is 1.17. The van der Waals surface area contributed by atoms with Crippen molar-refractivity contribution in [2.75, 3.05) is 0 Å². The minimum absolute atomic E-state index is 0. The van der Waals surface area contributed by atoms with Crippen molar-refractivity contribution in [3.63, 3.8) is 0 Å². The largest absolute Gasteiger partial charge is 1.00 e. The van der Waals surface area contributed by atoms with Crippen LogP contribution in [0, 0.1) is 0 Å². The van der Waals surface area contributed by atoms with Gasteiger partial charge in [-0.3, -0.25) is 0 Å². The molecule has 0 atom stereocenters. The Kier molecular flexibility index (Phi) is 4.44. The summed E-state index contributed by atoms with van der Waals surface area (Å²) in [5, 5.41) is 4.43. The fourth-order valence-corrected chi connectivity index (χ4v) is 1.23. The van der Waals surface area contributed by atoms with Crippen molar-refractivity contribution < 1.29 is 43.6 Å². The van der Waals surface area contributed by atoms with Crippen LogP contribution in [0.1, 0.15) is 1.43 Å². The van der Waals surface area contributed by atoms with E-state index in [1.54, 1.807) is 0 Å². The van der Waals surface area contributed by atoms with Crippen LogP contribution < -0.4 is 38.9 Å². The van der Waals surface area contributed by atoms with E-state index in [-0.39, 0.29) is 36.2 Å². The molecule has 0 amide bonds. The van der Waals surface area contributed by atoms with Gasteiger partial charge in [-0.1, -0.05) is 0 Å². The van der Waals surface area contributed by atoms with E-state index in [0.29, 0.717) is 0 Å². The minimum atomic E-state index is -3.94. The second kappa shape index (κ2) is 4.33. The average molecular weight is 205 g/mol. The fraction of sp³-hybridized carbons (Fsp3) is 0. The average Bonchev–Trinajstić information content (AvgIpc) is 2.12. The molecule has 9 heteroatoms. The maximum atomic E-state index is 10.2. The number of rotatable bonds is 2. The van der Waals surface area contributed by atoms with E-state index in [4.69, 9.17) is 0 Å². The molecule has 0 aliphatic heterocycles. The summed E-state index contributed by atoms with van der Waals surface area (Å²) in [4.78, 5) is 3.43. The van der Waals surface area contributed by atoms with Crippen molar-refractivity contribution in [2.24, 2.45) is 5.14 Å². The smallest absolute Gasteiger partial charge is 1.00 e. The molecule has 0 aliphatic rings. The van der Waals surface area contributed by atoms with Gasteiger partial charge in [-0.25, -0.2) is 0 Å². The molecule has 0 unspecified atom stereocenters. The van der Waals surface area contributed by atoms with Crippen molar-refractivity contribution in [1.82, 2.24) is 9.36 Å². The van der Waals surface area contributed by atoms with E-state index in [1.807, 2.05) is 0 Å². The molecule has 58 valence electrons. The molecule has 0 saturated carbocycles. The Labute approximate surface area is 91.0 Å². The number of hydrogen-bond donors (Lipinski definition) is 1. The van der Waals surface area contributed by atoms with Gasteiger partial charge in [0.15, 0.2) is 0 Å². The maximum Gasteiger partial charge on any atom is 1.00 e. The molecule has 0 saturated heterocycles. The van der Waals surface area contributed by atoms with Gasteiger partial charge < -0.3 is 5.61 Å². The molecule has 0 aliphatic carbocycles. The van der Waals surface area contributed by atoms with Gasteiger partial charge in [0, 0.05) is 11.5 Å². The monoisotopic (exact) mass is 205 g/mol. The summed E-state index contributed by atoms with van der Waals surface area (Å²) in [5.41, 5.74) is 0. The second-order valence-electron chi connectivity index (χ2n) is 1.28. The van der Waals surface area contributed by atoms with E-state index in [1.165, 1.54) is 6.33 Å². The molecule has 1 aromatic rings. The van der Waals surface area contributed by atoms with Crippen molar-refractivity contribution in [1.29, 1.82) is 0 Å². The molecule has 1 aromatic heterocycles. The number of hydrogen-bond acceptors (Lipinski definition) is 6. The summed E-state index contributed by atoms with van der Waals surface area (Å²) in [6.45, 7) is 0. The Morgan fingerprint density at radius 1 is 1.73 bits per heavy atom. The standard InChI is InChI=1S/C2H3N3O3S2.Na.H/c3-10(6,7)8-2-4-1-5-9-2;;/h1H,(H2,3,6,7);;/q;+1;-1. The predicted molar refractivity (Wildman–Crippen MR) is 34.8 cm³/mol. The Balaban J connectivity index is 0. The molecule has 2 N–H and O–H groups in total. The zero-order chi connectivity index (χ0) is 7.61. The van der Waals surface area contributed by atoms with Gasteiger partial charge in [-0.15, -0.1) is 0 Å². The zero-order valence-electron chi connectivity index (χ0n) is 6.59. The van der Waals surface area contributed by atoms with Crippen molar-refractivity contribution in [2.45, 2.75) is 0 Å². The van der Waals surface area contributed by atoms with Crippen LogP contribution in [-0.4, -0.2) is 17.8 Å². The van der Waals surface area contributed by atoms with E-state index < -0.39 is 10.3 Å². The van der Waals surface area contributed by atoms with Gasteiger partial charge in [-0.05, 0) is 0 Å². The van der Waals surface area contributed by atoms with E-state index in [9.17, 15) is 8.42 Å². The van der Waals surface area contributed by atoms with Gasteiger partial charge >= 0.3 is 45.1 Å². The molecule has 1 rings (SSSR count). The van der Waals surface area contributed by atoms with Crippen LogP contribution in [0.15, 0.2) is 6.33 Å². The first-order valence-corrected chi connectivity index (χ1v) is 4.31. The molecule has 0 radical (unpaired) electrons. The van der Waals surface area contributed by atoms with Crippen LogP contribution in [0.4, 0.5) is 0 Å². The molecule has 0 fully saturated rings. The third-order valence-electron chi connectivity index (χ3n) is 0.529. The summed E-state index contributed by atoms with van der Waals surface area (Å²) < 4.78 is 28.0. The summed E-state index contributed by atoms with van der Waals surface area (Å²) >= 11 is 0.807. The molecular weight excluding hydrogens is 201 g/mol. The SMILES string of the molecule is NS(=O)(=O)Oc1ncns1.[H-].[Na+]. The summed E-state index contributed by atoms with van der Waals surface area (Å²) in [7, 11) is -3.94. The second-order valence-corrected chi connectivity index (χ2v) is 3.18. The third kappa shape index (κ3) is 4.67. The molecule has 1 heterocycles. The quantitative estimate of drug-likeness (QED) is 0.500. The zero-order valence-corrected chi connectivity index (χ0v) is 9.22. The molecule has 0 spiro atoms. The molecular formula is C2H4N3NaO3S2. The van der Waals surface area contributed by atoms with Gasteiger partial charge in [0.05, 0.1) is 0 Å². The van der Waals surface area contributed by atoms with Gasteiger partial charge in [0.1, 0.15) is 6.33 Å². The van der Waals surface area contributed by atoms with Crippen LogP contribution >= 0.6 is 11.5 Å². The van der Waals surface area contributed by atoms with Crippen LogP contribution in [0.2, 0.25) is 0 Å². The van der Waals surface area contributed by atoms with Crippen LogP contribution in [0.25, 0.3) is 0 Å². The fourth-order valence-electron chi connectivity index (χ4n) is 0.299. The Bertz CT molecular complexity index is 299. The van der Waals surface area contributed by atoms with Crippen molar-refractivity contribution >= 4 is 21.8 Å². The maximum absolute atomic E-state index is 10.2. The Morgan fingerprint density at radius 3 is 2.73 bits per heavy atom. The van der Waals surface area contributed by atoms with Gasteiger partial charge in [-0.2, -0.15) is 22.9 Å². The summed E-state index contributed by atoms with van der Waals surface area (Å²) in [6, 6.07) is 0. The minimum Gasteiger partial charge on any atom is -1.00 e. The van der Waals surface area contributed by atoms with E-state index >= 15 is 0 Å². The number of nitrogens with two attached hydrogens (primary N) is 1. The summed E-state index contributed by atoms with van der Waals surface area (Å²) in [5.74, 6) is 0. The first-order valence-electron chi connectivity index (χ1n) is 2.07. The van der Waals surface area contributed by atoms with Gasteiger partial charge in [0.25, 0.3) is 0 Å². The molecule has 6 nitrogen and oxygen atoms in total. The first kappa shape index (κ1) is 11.3. The van der Waals surface area contributed by atoms with E-state index in [2.05, 4.69) is 18.7 Å². The predicted octanol–water partition coefficient (Wildman–Crippen LogP) is -3.76. The molecule has 11 heavy (non-hydrogen) atoms. The van der Waals surface area contributed by atoms with Crippen molar-refractivity contribution in [3.05, 3.63) is 6.33 Å². The first-order chi connectivity index (χ1) is 4.58. The van der Waals surface area contributed by atoms with E-state index in [0.717, 1.165) is 11.5 Å². The topological polar surface area (TPSA) is 95.2 Å². The van der Waals surface area contributed by atoms with Gasteiger partial charge in [0.2, 0.25) is 0 Å². The normalized spacial score (nSPS) is 10.3. The molecule has 0 bridgehead atoms. The number of nitrogens with zero attached hydrogens (tertiary/aromatic N) is 2. The van der Waals surface area contributed by atoms with Crippen LogP contribution in [0.5, 0.6) is 5.19 Å². The Morgan fingerprint density at radius 2 is 2.36 bits per heavy atom.